The number of amides is 1. The minimum Gasteiger partial charge on any atom is -0.460 e. The van der Waals surface area contributed by atoms with E-state index in [1.807, 2.05) is 0 Å². The van der Waals surface area contributed by atoms with E-state index in [4.69, 9.17) is 15.2 Å². The van der Waals surface area contributed by atoms with E-state index in [0.29, 0.717) is 16.7 Å². The second kappa shape index (κ2) is 10.6. The summed E-state index contributed by atoms with van der Waals surface area (Å²) in [6, 6.07) is 11.8. The average Bonchev–Trinajstić information content (AvgIpc) is 2.85. The number of benzene rings is 2. The van der Waals surface area contributed by atoms with Crippen molar-refractivity contribution in [2.24, 2.45) is 5.73 Å². The Hall–Kier alpha value is -2.61. The molecule has 0 bridgehead atoms. The van der Waals surface area contributed by atoms with Crippen LogP contribution in [0.2, 0.25) is 0 Å². The molecule has 1 amide bonds. The number of hydrogen-bond acceptors (Lipinski definition) is 10. The van der Waals surface area contributed by atoms with Gasteiger partial charge in [-0.3, -0.25) is 10.5 Å². The fourth-order valence-electron chi connectivity index (χ4n) is 3.63. The van der Waals surface area contributed by atoms with Crippen molar-refractivity contribution in [3.63, 3.8) is 0 Å². The maximum absolute atomic E-state index is 12.6. The van der Waals surface area contributed by atoms with Gasteiger partial charge in [-0.25, -0.2) is 0 Å². The summed E-state index contributed by atoms with van der Waals surface area (Å²) in [5, 5.41) is 61.3. The first-order chi connectivity index (χ1) is 16.5. The maximum atomic E-state index is 12.6. The predicted octanol–water partition coefficient (Wildman–Crippen LogP) is -1.40. The zero-order valence-electron chi connectivity index (χ0n) is 19.5. The molecule has 192 valence electrons. The first-order valence-electron chi connectivity index (χ1n) is 11.0. The van der Waals surface area contributed by atoms with Crippen molar-refractivity contribution < 1.29 is 44.9 Å². The zero-order valence-corrected chi connectivity index (χ0v) is 19.5. The SMILES string of the molecule is Cc1cc(-c2cccc(C(=O)NC(C)(CO)CO)c2)ccc1O[C@H]1O[C@H](CO)[C@@H](O)[C@H](O)[C@]1(N)O. The highest BCUT2D eigenvalue weighted by atomic mass is 16.7. The Morgan fingerprint density at radius 2 is 1.80 bits per heavy atom. The summed E-state index contributed by atoms with van der Waals surface area (Å²) in [7, 11) is 0. The maximum Gasteiger partial charge on any atom is 0.251 e. The minimum absolute atomic E-state index is 0.276. The van der Waals surface area contributed by atoms with Crippen molar-refractivity contribution in [2.45, 2.75) is 49.7 Å². The van der Waals surface area contributed by atoms with Gasteiger partial charge in [0.15, 0.2) is 0 Å². The molecule has 0 spiro atoms. The van der Waals surface area contributed by atoms with Gasteiger partial charge in [-0.15, -0.1) is 0 Å². The third kappa shape index (κ3) is 5.63. The lowest BCUT2D eigenvalue weighted by molar-refractivity contribution is -0.319. The van der Waals surface area contributed by atoms with Gasteiger partial charge in [0, 0.05) is 5.56 Å². The number of nitrogens with one attached hydrogen (secondary N) is 1. The van der Waals surface area contributed by atoms with Crippen molar-refractivity contribution in [1.29, 1.82) is 0 Å². The van der Waals surface area contributed by atoms with Crippen LogP contribution in [0.5, 0.6) is 5.75 Å². The molecule has 9 N–H and O–H groups in total. The van der Waals surface area contributed by atoms with E-state index in [0.717, 1.165) is 5.56 Å². The Morgan fingerprint density at radius 1 is 1.14 bits per heavy atom. The molecule has 0 unspecified atom stereocenters. The van der Waals surface area contributed by atoms with Crippen molar-refractivity contribution >= 4 is 5.91 Å². The van der Waals surface area contributed by atoms with Gasteiger partial charge in [-0.05, 0) is 54.8 Å². The molecule has 0 aromatic heterocycles. The highest BCUT2D eigenvalue weighted by Crippen LogP contribution is 2.32. The van der Waals surface area contributed by atoms with Gasteiger partial charge < -0.3 is 45.4 Å². The molecule has 1 saturated heterocycles. The van der Waals surface area contributed by atoms with Crippen molar-refractivity contribution in [3.05, 3.63) is 53.6 Å². The third-order valence-electron chi connectivity index (χ3n) is 6.01. The van der Waals surface area contributed by atoms with Crippen LogP contribution in [-0.4, -0.2) is 92.2 Å². The minimum atomic E-state index is -2.43. The number of aliphatic hydroxyl groups is 6. The Morgan fingerprint density at radius 3 is 2.40 bits per heavy atom. The normalized spacial score (nSPS) is 26.9. The van der Waals surface area contributed by atoms with E-state index in [1.165, 1.54) is 6.92 Å². The summed E-state index contributed by atoms with van der Waals surface area (Å²) in [6.45, 7) is 1.79. The Labute approximate surface area is 202 Å². The lowest BCUT2D eigenvalue weighted by Gasteiger charge is -2.45. The summed E-state index contributed by atoms with van der Waals surface area (Å²) >= 11 is 0. The van der Waals surface area contributed by atoms with Gasteiger partial charge in [-0.1, -0.05) is 18.2 Å². The fourth-order valence-corrected chi connectivity index (χ4v) is 3.63. The van der Waals surface area contributed by atoms with Crippen molar-refractivity contribution in [3.8, 4) is 16.9 Å². The molecule has 0 aliphatic carbocycles. The summed E-state index contributed by atoms with van der Waals surface area (Å²) in [5.74, 6) is -0.177. The molecule has 0 radical (unpaired) electrons. The smallest absolute Gasteiger partial charge is 0.251 e. The molecule has 2 aromatic rings. The average molecular weight is 493 g/mol. The lowest BCUT2D eigenvalue weighted by Crippen LogP contribution is -2.72. The van der Waals surface area contributed by atoms with Gasteiger partial charge in [0.25, 0.3) is 5.91 Å². The van der Waals surface area contributed by atoms with Crippen LogP contribution in [0.25, 0.3) is 11.1 Å². The number of carbonyl (C=O) groups excluding carboxylic acids is 1. The first-order valence-corrected chi connectivity index (χ1v) is 11.0. The van der Waals surface area contributed by atoms with Gasteiger partial charge in [-0.2, -0.15) is 0 Å². The molecule has 1 aliphatic heterocycles. The fraction of sp³-hybridized carbons (Fsp3) is 0.458. The van der Waals surface area contributed by atoms with Crippen LogP contribution >= 0.6 is 0 Å². The summed E-state index contributed by atoms with van der Waals surface area (Å²) in [6.07, 6.45) is -6.19. The second-order valence-corrected chi connectivity index (χ2v) is 9.02. The zero-order chi connectivity index (χ0) is 26.0. The Bertz CT molecular complexity index is 1040. The monoisotopic (exact) mass is 492 g/mol. The molecular weight excluding hydrogens is 460 g/mol. The van der Waals surface area contributed by atoms with Crippen molar-refractivity contribution in [1.82, 2.24) is 5.32 Å². The van der Waals surface area contributed by atoms with Crippen LogP contribution in [0.15, 0.2) is 42.5 Å². The van der Waals surface area contributed by atoms with E-state index < -0.39 is 61.6 Å². The highest BCUT2D eigenvalue weighted by molar-refractivity contribution is 5.96. The quantitative estimate of drug-likeness (QED) is 0.203. The number of carbonyl (C=O) groups is 1. The topological polar surface area (TPSA) is 195 Å². The summed E-state index contributed by atoms with van der Waals surface area (Å²) in [4.78, 5) is 12.6. The molecule has 1 heterocycles. The third-order valence-corrected chi connectivity index (χ3v) is 6.01. The van der Waals surface area contributed by atoms with E-state index in [-0.39, 0.29) is 5.75 Å². The first kappa shape index (κ1) is 27.0. The van der Waals surface area contributed by atoms with Crippen molar-refractivity contribution in [2.75, 3.05) is 19.8 Å². The molecule has 2 aromatic carbocycles. The summed E-state index contributed by atoms with van der Waals surface area (Å²) in [5.41, 5.74) is 4.56. The van der Waals surface area contributed by atoms with Crippen LogP contribution in [0.1, 0.15) is 22.8 Å². The second-order valence-electron chi connectivity index (χ2n) is 9.02. The van der Waals surface area contributed by atoms with E-state index in [2.05, 4.69) is 5.32 Å². The molecule has 0 saturated carbocycles. The predicted molar refractivity (Wildman–Crippen MR) is 124 cm³/mol. The molecule has 35 heavy (non-hydrogen) atoms. The van der Waals surface area contributed by atoms with Crippen LogP contribution in [-0.2, 0) is 4.74 Å². The molecule has 11 nitrogen and oxygen atoms in total. The summed E-state index contributed by atoms with van der Waals surface area (Å²) < 4.78 is 11.1. The highest BCUT2D eigenvalue weighted by Gasteiger charge is 2.54. The van der Waals surface area contributed by atoms with Gasteiger partial charge >= 0.3 is 0 Å². The molecule has 11 heteroatoms. The largest absolute Gasteiger partial charge is 0.460 e. The number of ether oxygens (including phenoxy) is 2. The number of hydrogen-bond donors (Lipinski definition) is 8. The Balaban J connectivity index is 1.81. The number of rotatable bonds is 8. The molecular formula is C24H32N2O9. The van der Waals surface area contributed by atoms with Gasteiger partial charge in [0.1, 0.15) is 24.1 Å². The van der Waals surface area contributed by atoms with E-state index in [9.17, 15) is 35.4 Å². The Kier molecular flexibility index (Phi) is 8.14. The number of aliphatic hydroxyl groups excluding tert-OH is 5. The standard InChI is InChI=1S/C24H32N2O9/c1-13-8-15(14-4-3-5-16(9-14)21(32)26-23(2,11-28)12-29)6-7-17(13)34-22-24(25,33)20(31)19(30)18(10-27)35-22/h3-9,18-20,22,27-31,33H,10-12,25H2,1-2H3,(H,26,32)/t18-,19-,20+,22+,24+/m1/s1. The molecule has 1 aliphatic rings. The molecule has 5 atom stereocenters. The van der Waals surface area contributed by atoms with E-state index in [1.54, 1.807) is 49.4 Å². The molecule has 1 fully saturated rings. The van der Waals surface area contributed by atoms with Gasteiger partial charge in [0.2, 0.25) is 12.0 Å². The van der Waals surface area contributed by atoms with Crippen LogP contribution < -0.4 is 15.8 Å². The molecule has 3 rings (SSSR count). The lowest BCUT2D eigenvalue weighted by atomic mass is 9.94. The van der Waals surface area contributed by atoms with Crippen LogP contribution in [0.4, 0.5) is 0 Å². The van der Waals surface area contributed by atoms with Crippen LogP contribution in [0, 0.1) is 6.92 Å². The van der Waals surface area contributed by atoms with Crippen LogP contribution in [0.3, 0.4) is 0 Å². The van der Waals surface area contributed by atoms with E-state index >= 15 is 0 Å². The van der Waals surface area contributed by atoms with Gasteiger partial charge in [0.05, 0.1) is 25.4 Å². The number of aryl methyl sites for hydroxylation is 1. The number of nitrogens with two attached hydrogens (primary N) is 1.